The van der Waals surface area contributed by atoms with Gasteiger partial charge in [0.15, 0.2) is 6.61 Å². The first-order chi connectivity index (χ1) is 17.4. The second-order valence-corrected chi connectivity index (χ2v) is 9.28. The predicted octanol–water partition coefficient (Wildman–Crippen LogP) is 5.18. The van der Waals surface area contributed by atoms with Crippen molar-refractivity contribution in [2.45, 2.75) is 46.2 Å². The number of nitrogens with one attached hydrogen (secondary N) is 1. The second kappa shape index (κ2) is 13.4. The summed E-state index contributed by atoms with van der Waals surface area (Å²) in [7, 11) is 0. The summed E-state index contributed by atoms with van der Waals surface area (Å²) in [5.41, 5.74) is 2.85. The van der Waals surface area contributed by atoms with Crippen molar-refractivity contribution in [2.24, 2.45) is 5.92 Å². The van der Waals surface area contributed by atoms with E-state index in [-0.39, 0.29) is 36.7 Å². The Labute approximate surface area is 213 Å². The van der Waals surface area contributed by atoms with Crippen molar-refractivity contribution in [3.63, 3.8) is 0 Å². The van der Waals surface area contributed by atoms with E-state index in [0.717, 1.165) is 17.5 Å². The molecule has 0 aliphatic carbocycles. The Kier molecular flexibility index (Phi) is 10.0. The third kappa shape index (κ3) is 8.22. The van der Waals surface area contributed by atoms with Gasteiger partial charge in [-0.2, -0.15) is 0 Å². The van der Waals surface area contributed by atoms with Crippen molar-refractivity contribution < 1.29 is 18.7 Å². The Morgan fingerprint density at radius 1 is 0.889 bits per heavy atom. The number of aryl methyl sites for hydroxylation is 1. The van der Waals surface area contributed by atoms with E-state index in [2.05, 4.69) is 12.2 Å². The number of hydrogen-bond donors (Lipinski definition) is 1. The van der Waals surface area contributed by atoms with E-state index in [1.165, 1.54) is 22.6 Å². The lowest BCUT2D eigenvalue weighted by atomic mass is 10.0. The Morgan fingerprint density at radius 2 is 1.53 bits per heavy atom. The third-order valence-corrected chi connectivity index (χ3v) is 5.92. The van der Waals surface area contributed by atoms with Gasteiger partial charge in [-0.3, -0.25) is 9.59 Å². The van der Waals surface area contributed by atoms with E-state index in [9.17, 15) is 14.0 Å². The topological polar surface area (TPSA) is 58.6 Å². The number of benzene rings is 3. The van der Waals surface area contributed by atoms with Crippen LogP contribution in [0.5, 0.6) is 5.75 Å². The first-order valence-corrected chi connectivity index (χ1v) is 12.4. The molecule has 0 aromatic heterocycles. The average Bonchev–Trinajstić information content (AvgIpc) is 2.89. The molecular weight excluding hydrogens is 455 g/mol. The highest BCUT2D eigenvalue weighted by Crippen LogP contribution is 2.17. The summed E-state index contributed by atoms with van der Waals surface area (Å²) < 4.78 is 19.3. The van der Waals surface area contributed by atoms with Crippen LogP contribution in [0.4, 0.5) is 4.39 Å². The molecule has 5 nitrogen and oxygen atoms in total. The lowest BCUT2D eigenvalue weighted by Crippen LogP contribution is -2.52. The predicted molar refractivity (Wildman–Crippen MR) is 140 cm³/mol. The number of carbonyl (C=O) groups is 2. The molecule has 0 unspecified atom stereocenters. The largest absolute Gasteiger partial charge is 0.484 e. The fourth-order valence-corrected chi connectivity index (χ4v) is 3.81. The molecule has 0 fully saturated rings. The molecular formula is C30H35FN2O3. The maximum Gasteiger partial charge on any atom is 0.261 e. The Balaban J connectivity index is 1.87. The fraction of sp³-hybridized carbons (Fsp3) is 0.333. The summed E-state index contributed by atoms with van der Waals surface area (Å²) in [5, 5.41) is 2.99. The zero-order chi connectivity index (χ0) is 25.9. The molecule has 0 saturated carbocycles. The zero-order valence-corrected chi connectivity index (χ0v) is 21.2. The lowest BCUT2D eigenvalue weighted by Gasteiger charge is -2.31. The summed E-state index contributed by atoms with van der Waals surface area (Å²) in [6.07, 6.45) is 1.26. The van der Waals surface area contributed by atoms with Crippen LogP contribution in [-0.4, -0.2) is 35.9 Å². The van der Waals surface area contributed by atoms with Gasteiger partial charge in [-0.25, -0.2) is 4.39 Å². The molecule has 0 radical (unpaired) electrons. The molecule has 0 aliphatic rings. The molecule has 0 bridgehead atoms. The number of nitrogens with zero attached hydrogens (tertiary/aromatic N) is 1. The first-order valence-electron chi connectivity index (χ1n) is 12.4. The molecule has 0 spiro atoms. The second-order valence-electron chi connectivity index (χ2n) is 9.28. The van der Waals surface area contributed by atoms with Crippen LogP contribution in [0.2, 0.25) is 0 Å². The standard InChI is InChI=1S/C30H35FN2O3/c1-4-23-12-16-27(17-13-23)36-21-29(34)33(20-25-10-14-26(31)15-11-25)28(30(35)32-19-22(2)3)18-24-8-6-5-7-9-24/h5-17,22,28H,4,18-21H2,1-3H3,(H,32,35)/t28-/m0/s1. The lowest BCUT2D eigenvalue weighted by molar-refractivity contribution is -0.142. The maximum absolute atomic E-state index is 13.5. The molecule has 190 valence electrons. The van der Waals surface area contributed by atoms with Crippen molar-refractivity contribution in [1.82, 2.24) is 10.2 Å². The number of rotatable bonds is 12. The molecule has 6 heteroatoms. The molecule has 1 N–H and O–H groups in total. The van der Waals surface area contributed by atoms with Crippen LogP contribution in [0.1, 0.15) is 37.5 Å². The van der Waals surface area contributed by atoms with Gasteiger partial charge in [0.1, 0.15) is 17.6 Å². The quantitative estimate of drug-likeness (QED) is 0.381. The third-order valence-electron chi connectivity index (χ3n) is 5.92. The summed E-state index contributed by atoms with van der Waals surface area (Å²) in [6.45, 7) is 6.56. The summed E-state index contributed by atoms with van der Waals surface area (Å²) >= 11 is 0. The van der Waals surface area contributed by atoms with Crippen LogP contribution in [0.15, 0.2) is 78.9 Å². The van der Waals surface area contributed by atoms with Crippen LogP contribution in [-0.2, 0) is 29.0 Å². The first kappa shape index (κ1) is 26.9. The number of ether oxygens (including phenoxy) is 1. The highest BCUT2D eigenvalue weighted by molar-refractivity contribution is 5.88. The molecule has 3 rings (SSSR count). The van der Waals surface area contributed by atoms with Gasteiger partial charge in [0.25, 0.3) is 5.91 Å². The molecule has 3 aromatic carbocycles. The SMILES string of the molecule is CCc1ccc(OCC(=O)N(Cc2ccc(F)cc2)[C@@H](Cc2ccccc2)C(=O)NCC(C)C)cc1. The monoisotopic (exact) mass is 490 g/mol. The maximum atomic E-state index is 13.5. The molecule has 0 aliphatic heterocycles. The highest BCUT2D eigenvalue weighted by atomic mass is 19.1. The van der Waals surface area contributed by atoms with Crippen molar-refractivity contribution in [2.75, 3.05) is 13.2 Å². The van der Waals surface area contributed by atoms with Crippen molar-refractivity contribution in [3.05, 3.63) is 101 Å². The smallest absolute Gasteiger partial charge is 0.261 e. The van der Waals surface area contributed by atoms with Crippen LogP contribution in [0.3, 0.4) is 0 Å². The van der Waals surface area contributed by atoms with E-state index in [1.807, 2.05) is 68.4 Å². The summed E-state index contributed by atoms with van der Waals surface area (Å²) in [4.78, 5) is 28.5. The number of amides is 2. The van der Waals surface area contributed by atoms with Crippen molar-refractivity contribution >= 4 is 11.8 Å². The van der Waals surface area contributed by atoms with Crippen LogP contribution in [0.25, 0.3) is 0 Å². The van der Waals surface area contributed by atoms with Gasteiger partial charge < -0.3 is 15.0 Å². The van der Waals surface area contributed by atoms with Gasteiger partial charge in [0.2, 0.25) is 5.91 Å². The van der Waals surface area contributed by atoms with Crippen LogP contribution >= 0.6 is 0 Å². The van der Waals surface area contributed by atoms with Gasteiger partial charge in [0, 0.05) is 19.5 Å². The van der Waals surface area contributed by atoms with Gasteiger partial charge in [-0.1, -0.05) is 75.4 Å². The van der Waals surface area contributed by atoms with Crippen LogP contribution < -0.4 is 10.1 Å². The zero-order valence-electron chi connectivity index (χ0n) is 21.2. The van der Waals surface area contributed by atoms with Crippen molar-refractivity contribution in [3.8, 4) is 5.75 Å². The van der Waals surface area contributed by atoms with Crippen molar-refractivity contribution in [1.29, 1.82) is 0 Å². The number of halogens is 1. The molecule has 36 heavy (non-hydrogen) atoms. The molecule has 1 atom stereocenters. The Hall–Kier alpha value is -3.67. The Bertz CT molecular complexity index is 1100. The summed E-state index contributed by atoms with van der Waals surface area (Å²) in [5.74, 6) is -0.0472. The normalized spacial score (nSPS) is 11.7. The van der Waals surface area contributed by atoms with E-state index in [1.54, 1.807) is 12.1 Å². The minimum absolute atomic E-state index is 0.157. The minimum Gasteiger partial charge on any atom is -0.484 e. The molecule has 2 amide bonds. The van der Waals surface area contributed by atoms with E-state index >= 15 is 0 Å². The van der Waals surface area contributed by atoms with Crippen LogP contribution in [0, 0.1) is 11.7 Å². The van der Waals surface area contributed by atoms with Gasteiger partial charge in [-0.15, -0.1) is 0 Å². The Morgan fingerprint density at radius 3 is 2.14 bits per heavy atom. The number of hydrogen-bond acceptors (Lipinski definition) is 3. The van der Waals surface area contributed by atoms with Gasteiger partial charge in [-0.05, 0) is 53.3 Å². The van der Waals surface area contributed by atoms with E-state index in [0.29, 0.717) is 18.7 Å². The fourth-order valence-electron chi connectivity index (χ4n) is 3.81. The minimum atomic E-state index is -0.755. The van der Waals surface area contributed by atoms with Gasteiger partial charge >= 0.3 is 0 Å². The molecule has 0 heterocycles. The summed E-state index contributed by atoms with van der Waals surface area (Å²) in [6, 6.07) is 22.4. The molecule has 0 saturated heterocycles. The average molecular weight is 491 g/mol. The van der Waals surface area contributed by atoms with E-state index in [4.69, 9.17) is 4.74 Å². The van der Waals surface area contributed by atoms with Gasteiger partial charge in [0.05, 0.1) is 0 Å². The highest BCUT2D eigenvalue weighted by Gasteiger charge is 2.30. The van der Waals surface area contributed by atoms with E-state index < -0.39 is 6.04 Å². The number of carbonyl (C=O) groups excluding carboxylic acids is 2. The molecule has 3 aromatic rings.